The molecule has 5 N–H and O–H groups in total. The van der Waals surface area contributed by atoms with Gasteiger partial charge in [-0.15, -0.1) is 0 Å². The minimum absolute atomic E-state index is 0.0475. The van der Waals surface area contributed by atoms with Crippen LogP contribution in [0, 0.1) is 5.92 Å². The van der Waals surface area contributed by atoms with E-state index in [1.165, 1.54) is 0 Å². The fraction of sp³-hybridized carbons (Fsp3) is 0.350. The van der Waals surface area contributed by atoms with Crippen LogP contribution in [0.1, 0.15) is 41.8 Å². The van der Waals surface area contributed by atoms with Gasteiger partial charge in [-0.1, -0.05) is 32.4 Å². The number of nitrogen functional groups attached to an aromatic ring is 1. The Labute approximate surface area is 157 Å². The van der Waals surface area contributed by atoms with Crippen LogP contribution >= 0.6 is 0 Å². The summed E-state index contributed by atoms with van der Waals surface area (Å²) >= 11 is 0. The predicted molar refractivity (Wildman–Crippen MR) is 107 cm³/mol. The summed E-state index contributed by atoms with van der Waals surface area (Å²) in [5.74, 6) is 0.522. The molecule has 0 aliphatic heterocycles. The third kappa shape index (κ3) is 4.36. The zero-order valence-corrected chi connectivity index (χ0v) is 15.6. The largest absolute Gasteiger partial charge is 0.369 e. The van der Waals surface area contributed by atoms with Crippen LogP contribution in [0.15, 0.2) is 35.3 Å². The number of rotatable bonds is 7. The van der Waals surface area contributed by atoms with E-state index in [1.54, 1.807) is 6.20 Å². The summed E-state index contributed by atoms with van der Waals surface area (Å²) in [6, 6.07) is 7.58. The molecule has 1 atom stereocenters. The first-order valence-corrected chi connectivity index (χ1v) is 9.20. The van der Waals surface area contributed by atoms with E-state index >= 15 is 0 Å². The number of hydrogen-bond acceptors (Lipinski definition) is 4. The molecule has 0 aliphatic rings. The Hall–Kier alpha value is -3.09. The molecule has 0 bridgehead atoms. The van der Waals surface area contributed by atoms with Gasteiger partial charge in [-0.25, -0.2) is 0 Å². The molecule has 0 saturated carbocycles. The Morgan fingerprint density at radius 1 is 1.26 bits per heavy atom. The van der Waals surface area contributed by atoms with Crippen molar-refractivity contribution in [3.63, 3.8) is 0 Å². The summed E-state index contributed by atoms with van der Waals surface area (Å²) < 4.78 is 0. The lowest BCUT2D eigenvalue weighted by Crippen LogP contribution is -2.27. The van der Waals surface area contributed by atoms with Gasteiger partial charge in [-0.05, 0) is 42.0 Å². The quantitative estimate of drug-likeness (QED) is 0.513. The molecule has 0 aliphatic carbocycles. The average Bonchev–Trinajstić information content (AvgIpc) is 3.07. The molecular weight excluding hydrogens is 342 g/mol. The van der Waals surface area contributed by atoms with E-state index in [2.05, 4.69) is 34.1 Å². The lowest BCUT2D eigenvalue weighted by atomic mass is 10.0. The van der Waals surface area contributed by atoms with Crippen LogP contribution in [0.5, 0.6) is 0 Å². The van der Waals surface area contributed by atoms with Crippen molar-refractivity contribution in [1.82, 2.24) is 20.3 Å². The summed E-state index contributed by atoms with van der Waals surface area (Å²) in [6.45, 7) is 4.91. The van der Waals surface area contributed by atoms with Crippen molar-refractivity contribution in [3.8, 4) is 0 Å². The van der Waals surface area contributed by atoms with E-state index in [-0.39, 0.29) is 17.4 Å². The van der Waals surface area contributed by atoms with Gasteiger partial charge in [-0.2, -0.15) is 4.98 Å². The standard InChI is InChI=1S/C20H25N5O2/c1-3-12(2)10-23-18(26)14-7-4-13(5-8-14)6-9-15-11-22-17-16(15)19(27)25-20(21)24-17/h4-5,7-8,11-12H,3,6,9-10H2,1-2H3,(H,23,26)(H4,21,22,24,25,27). The average molecular weight is 367 g/mol. The number of aryl methyl sites for hydroxylation is 2. The normalized spacial score (nSPS) is 12.2. The predicted octanol–water partition coefficient (Wildman–Crippen LogP) is 2.39. The van der Waals surface area contributed by atoms with Gasteiger partial charge in [0.1, 0.15) is 5.65 Å². The maximum atomic E-state index is 12.2. The molecule has 7 nitrogen and oxygen atoms in total. The molecule has 0 radical (unpaired) electrons. The van der Waals surface area contributed by atoms with Crippen LogP contribution < -0.4 is 16.6 Å². The van der Waals surface area contributed by atoms with Crippen LogP contribution in [-0.4, -0.2) is 27.4 Å². The van der Waals surface area contributed by atoms with Crippen LogP contribution in [0.4, 0.5) is 5.95 Å². The smallest absolute Gasteiger partial charge is 0.262 e. The minimum Gasteiger partial charge on any atom is -0.369 e. The van der Waals surface area contributed by atoms with Gasteiger partial charge in [-0.3, -0.25) is 14.6 Å². The molecular formula is C20H25N5O2. The molecule has 2 aromatic heterocycles. The zero-order chi connectivity index (χ0) is 19.4. The van der Waals surface area contributed by atoms with E-state index < -0.39 is 0 Å². The van der Waals surface area contributed by atoms with E-state index in [1.807, 2.05) is 24.3 Å². The summed E-state index contributed by atoms with van der Waals surface area (Å²) in [4.78, 5) is 33.9. The topological polar surface area (TPSA) is 117 Å². The third-order valence-corrected chi connectivity index (χ3v) is 4.85. The highest BCUT2D eigenvalue weighted by atomic mass is 16.1. The summed E-state index contributed by atoms with van der Waals surface area (Å²) in [7, 11) is 0. The molecule has 1 aromatic carbocycles. The number of aromatic nitrogens is 3. The SMILES string of the molecule is CCC(C)CNC(=O)c1ccc(CCc2c[nH]c3nc(N)[nH]c(=O)c23)cc1. The molecule has 2 heterocycles. The molecule has 1 amide bonds. The highest BCUT2D eigenvalue weighted by Crippen LogP contribution is 2.16. The lowest BCUT2D eigenvalue weighted by Gasteiger charge is -2.10. The van der Waals surface area contributed by atoms with Crippen molar-refractivity contribution in [2.45, 2.75) is 33.1 Å². The van der Waals surface area contributed by atoms with Crippen molar-refractivity contribution in [1.29, 1.82) is 0 Å². The molecule has 142 valence electrons. The molecule has 1 unspecified atom stereocenters. The maximum absolute atomic E-state index is 12.2. The summed E-state index contributed by atoms with van der Waals surface area (Å²) in [5, 5.41) is 3.50. The van der Waals surface area contributed by atoms with Crippen molar-refractivity contribution in [2.24, 2.45) is 5.92 Å². The number of carbonyl (C=O) groups is 1. The van der Waals surface area contributed by atoms with Crippen LogP contribution in [0.25, 0.3) is 11.0 Å². The van der Waals surface area contributed by atoms with Crippen LogP contribution in [-0.2, 0) is 12.8 Å². The van der Waals surface area contributed by atoms with Gasteiger partial charge in [0.05, 0.1) is 5.39 Å². The Morgan fingerprint density at radius 3 is 2.70 bits per heavy atom. The van der Waals surface area contributed by atoms with Crippen molar-refractivity contribution >= 4 is 22.9 Å². The maximum Gasteiger partial charge on any atom is 0.262 e. The lowest BCUT2D eigenvalue weighted by molar-refractivity contribution is 0.0948. The molecule has 7 heteroatoms. The van der Waals surface area contributed by atoms with Crippen LogP contribution in [0.2, 0.25) is 0 Å². The molecule has 0 saturated heterocycles. The molecule has 27 heavy (non-hydrogen) atoms. The van der Waals surface area contributed by atoms with E-state index in [0.717, 1.165) is 24.0 Å². The van der Waals surface area contributed by atoms with Gasteiger partial charge >= 0.3 is 0 Å². The van der Waals surface area contributed by atoms with Gasteiger partial charge in [0.25, 0.3) is 11.5 Å². The number of hydrogen-bond donors (Lipinski definition) is 4. The first-order valence-electron chi connectivity index (χ1n) is 9.20. The Balaban J connectivity index is 1.64. The Kier molecular flexibility index (Phi) is 5.59. The number of nitrogens with zero attached hydrogens (tertiary/aromatic N) is 1. The first kappa shape index (κ1) is 18.7. The van der Waals surface area contributed by atoms with Gasteiger partial charge in [0, 0.05) is 18.3 Å². The van der Waals surface area contributed by atoms with E-state index in [0.29, 0.717) is 35.5 Å². The van der Waals surface area contributed by atoms with E-state index in [9.17, 15) is 9.59 Å². The molecule has 3 rings (SSSR count). The number of anilines is 1. The van der Waals surface area contributed by atoms with Crippen molar-refractivity contribution < 1.29 is 4.79 Å². The van der Waals surface area contributed by atoms with E-state index in [4.69, 9.17) is 5.73 Å². The number of aromatic amines is 2. The number of carbonyl (C=O) groups excluding carboxylic acids is 1. The fourth-order valence-corrected chi connectivity index (χ4v) is 2.93. The van der Waals surface area contributed by atoms with Gasteiger partial charge in [0.15, 0.2) is 0 Å². The molecule has 0 spiro atoms. The van der Waals surface area contributed by atoms with Crippen molar-refractivity contribution in [2.75, 3.05) is 12.3 Å². The second kappa shape index (κ2) is 8.07. The van der Waals surface area contributed by atoms with Crippen molar-refractivity contribution in [3.05, 3.63) is 57.5 Å². The van der Waals surface area contributed by atoms with Gasteiger partial charge in [0.2, 0.25) is 5.95 Å². The number of amides is 1. The number of nitrogens with two attached hydrogens (primary N) is 1. The monoisotopic (exact) mass is 367 g/mol. The molecule has 3 aromatic rings. The Morgan fingerprint density at radius 2 is 2.00 bits per heavy atom. The minimum atomic E-state index is -0.234. The number of nitrogens with one attached hydrogen (secondary N) is 3. The summed E-state index contributed by atoms with van der Waals surface area (Å²) in [5.41, 5.74) is 8.48. The number of H-pyrrole nitrogens is 2. The second-order valence-corrected chi connectivity index (χ2v) is 6.91. The number of benzene rings is 1. The second-order valence-electron chi connectivity index (χ2n) is 6.91. The zero-order valence-electron chi connectivity index (χ0n) is 15.6. The highest BCUT2D eigenvalue weighted by molar-refractivity contribution is 5.94. The summed E-state index contributed by atoms with van der Waals surface area (Å²) in [6.07, 6.45) is 4.28. The first-order chi connectivity index (χ1) is 13.0. The Bertz CT molecular complexity index is 988. The van der Waals surface area contributed by atoms with Gasteiger partial charge < -0.3 is 16.0 Å². The number of fused-ring (bicyclic) bond motifs is 1. The van der Waals surface area contributed by atoms with Crippen LogP contribution in [0.3, 0.4) is 0 Å². The highest BCUT2D eigenvalue weighted by Gasteiger charge is 2.11. The molecule has 0 fully saturated rings. The third-order valence-electron chi connectivity index (χ3n) is 4.85. The fourth-order valence-electron chi connectivity index (χ4n) is 2.93.